The van der Waals surface area contributed by atoms with E-state index in [0.29, 0.717) is 5.75 Å². The van der Waals surface area contributed by atoms with Crippen LogP contribution < -0.4 is 11.1 Å². The van der Waals surface area contributed by atoms with Crippen molar-refractivity contribution in [3.8, 4) is 0 Å². The van der Waals surface area contributed by atoms with Crippen LogP contribution in [0, 0.1) is 0 Å². The molecule has 1 amide bonds. The van der Waals surface area contributed by atoms with Crippen LogP contribution in [-0.4, -0.2) is 41.1 Å². The number of carboxylic acids is 1. The van der Waals surface area contributed by atoms with E-state index in [4.69, 9.17) is 5.73 Å². The molecule has 6 heteroatoms. The fourth-order valence-electron chi connectivity index (χ4n) is 2.30. The summed E-state index contributed by atoms with van der Waals surface area (Å²) in [5.74, 6) is -0.240. The Morgan fingerprint density at radius 2 is 1.59 bits per heavy atom. The standard InChI is InChI=1S/C21H36N2O3S/c1-16(2)7-5-8-17(3)9-6-10-18(4)12-14-27-15-19(21(25)26)23-20(24)11-13-22/h7,9,12,19H,5-6,8,10-11,13-15,22H2,1-4H3,(H,23,24)(H,25,26)/b17-9+,18-12+/t19-/m0/s1. The number of hydrogen-bond donors (Lipinski definition) is 3. The summed E-state index contributed by atoms with van der Waals surface area (Å²) in [5, 5.41) is 11.7. The van der Waals surface area contributed by atoms with E-state index in [2.05, 4.69) is 51.2 Å². The Kier molecular flexibility index (Phi) is 14.6. The minimum Gasteiger partial charge on any atom is -0.480 e. The maximum atomic E-state index is 11.5. The quantitative estimate of drug-likeness (QED) is 0.304. The second-order valence-corrected chi connectivity index (χ2v) is 8.07. The van der Waals surface area contributed by atoms with Crippen LogP contribution in [0.1, 0.15) is 59.8 Å². The van der Waals surface area contributed by atoms with Crippen molar-refractivity contribution in [3.05, 3.63) is 34.9 Å². The monoisotopic (exact) mass is 396 g/mol. The van der Waals surface area contributed by atoms with Crippen LogP contribution >= 0.6 is 11.8 Å². The van der Waals surface area contributed by atoms with Gasteiger partial charge in [0.25, 0.3) is 0 Å². The van der Waals surface area contributed by atoms with Crippen LogP contribution in [0.4, 0.5) is 0 Å². The molecule has 0 aromatic rings. The summed E-state index contributed by atoms with van der Waals surface area (Å²) in [6.45, 7) is 8.75. The summed E-state index contributed by atoms with van der Waals surface area (Å²) >= 11 is 1.51. The van der Waals surface area contributed by atoms with Crippen molar-refractivity contribution in [2.45, 2.75) is 65.8 Å². The van der Waals surface area contributed by atoms with Crippen molar-refractivity contribution in [1.29, 1.82) is 0 Å². The van der Waals surface area contributed by atoms with Crippen LogP contribution in [0.25, 0.3) is 0 Å². The highest BCUT2D eigenvalue weighted by molar-refractivity contribution is 7.99. The fourth-order valence-corrected chi connectivity index (χ4v) is 3.30. The molecule has 4 N–H and O–H groups in total. The molecule has 0 aromatic carbocycles. The van der Waals surface area contributed by atoms with E-state index in [1.807, 2.05) is 0 Å². The number of carbonyl (C=O) groups excluding carboxylic acids is 1. The van der Waals surface area contributed by atoms with Gasteiger partial charge in [-0.15, -0.1) is 0 Å². The Hall–Kier alpha value is -1.53. The second-order valence-electron chi connectivity index (χ2n) is 6.99. The van der Waals surface area contributed by atoms with Crippen LogP contribution in [-0.2, 0) is 9.59 Å². The smallest absolute Gasteiger partial charge is 0.327 e. The zero-order valence-corrected chi connectivity index (χ0v) is 18.0. The zero-order valence-electron chi connectivity index (χ0n) is 17.2. The van der Waals surface area contributed by atoms with Crippen LogP contribution in [0.2, 0.25) is 0 Å². The molecule has 0 saturated heterocycles. The summed E-state index contributed by atoms with van der Waals surface area (Å²) < 4.78 is 0. The highest BCUT2D eigenvalue weighted by atomic mass is 32.2. The maximum Gasteiger partial charge on any atom is 0.327 e. The van der Waals surface area contributed by atoms with Gasteiger partial charge in [0.1, 0.15) is 6.04 Å². The first kappa shape index (κ1) is 25.5. The number of carboxylic acid groups (broad SMARTS) is 1. The third kappa shape index (κ3) is 15.2. The SMILES string of the molecule is CC(C)=CCC/C(C)=C/CC/C(C)=C/CSC[C@H](NC(=O)CCN)C(=O)O. The highest BCUT2D eigenvalue weighted by Crippen LogP contribution is 2.13. The van der Waals surface area contributed by atoms with E-state index >= 15 is 0 Å². The lowest BCUT2D eigenvalue weighted by atomic mass is 10.1. The third-order valence-corrected chi connectivity index (χ3v) is 4.93. The molecule has 0 bridgehead atoms. The van der Waals surface area contributed by atoms with Gasteiger partial charge in [-0.2, -0.15) is 11.8 Å². The molecule has 0 aliphatic heterocycles. The zero-order chi connectivity index (χ0) is 20.7. The number of aliphatic carboxylic acids is 1. The lowest BCUT2D eigenvalue weighted by molar-refractivity contribution is -0.141. The number of carbonyl (C=O) groups is 2. The van der Waals surface area contributed by atoms with Crippen molar-refractivity contribution >= 4 is 23.6 Å². The Labute approximate surface area is 168 Å². The number of rotatable bonds is 14. The topological polar surface area (TPSA) is 92.4 Å². The fraction of sp³-hybridized carbons (Fsp3) is 0.619. The molecule has 5 nitrogen and oxygen atoms in total. The van der Waals surface area contributed by atoms with E-state index in [0.717, 1.165) is 31.4 Å². The summed E-state index contributed by atoms with van der Waals surface area (Å²) in [5.41, 5.74) is 9.39. The van der Waals surface area contributed by atoms with Gasteiger partial charge in [-0.1, -0.05) is 34.9 Å². The van der Waals surface area contributed by atoms with Gasteiger partial charge in [-0.25, -0.2) is 4.79 Å². The maximum absolute atomic E-state index is 11.5. The molecule has 27 heavy (non-hydrogen) atoms. The van der Waals surface area contributed by atoms with Gasteiger partial charge in [-0.3, -0.25) is 4.79 Å². The summed E-state index contributed by atoms with van der Waals surface area (Å²) in [7, 11) is 0. The van der Waals surface area contributed by atoms with Crippen molar-refractivity contribution in [2.24, 2.45) is 5.73 Å². The average Bonchev–Trinajstić information content (AvgIpc) is 2.57. The molecule has 0 aliphatic carbocycles. The molecule has 0 heterocycles. The molecule has 0 aliphatic rings. The number of allylic oxidation sites excluding steroid dienone is 5. The minimum absolute atomic E-state index is 0.148. The molecule has 1 atom stereocenters. The van der Waals surface area contributed by atoms with Crippen LogP contribution in [0.15, 0.2) is 34.9 Å². The molecule has 0 unspecified atom stereocenters. The molecule has 154 valence electrons. The second kappa shape index (κ2) is 15.5. The van der Waals surface area contributed by atoms with Crippen molar-refractivity contribution < 1.29 is 14.7 Å². The molecular formula is C21H36N2O3S. The van der Waals surface area contributed by atoms with E-state index in [1.54, 1.807) is 0 Å². The Bertz CT molecular complexity index is 550. The Morgan fingerprint density at radius 1 is 1.00 bits per heavy atom. The molecule has 0 radical (unpaired) electrons. The van der Waals surface area contributed by atoms with Gasteiger partial charge in [0.05, 0.1) is 0 Å². The summed E-state index contributed by atoms with van der Waals surface area (Å²) in [6.07, 6.45) is 11.1. The Morgan fingerprint density at radius 3 is 2.15 bits per heavy atom. The highest BCUT2D eigenvalue weighted by Gasteiger charge is 2.19. The average molecular weight is 397 g/mol. The third-order valence-electron chi connectivity index (χ3n) is 3.96. The number of nitrogens with one attached hydrogen (secondary N) is 1. The van der Waals surface area contributed by atoms with E-state index in [-0.39, 0.29) is 18.9 Å². The van der Waals surface area contributed by atoms with Crippen molar-refractivity contribution in [1.82, 2.24) is 5.32 Å². The predicted molar refractivity (Wildman–Crippen MR) is 116 cm³/mol. The number of nitrogens with two attached hydrogens (primary N) is 1. The van der Waals surface area contributed by atoms with Crippen molar-refractivity contribution in [2.75, 3.05) is 18.1 Å². The number of thioether (sulfide) groups is 1. The first-order valence-corrected chi connectivity index (χ1v) is 10.7. The minimum atomic E-state index is -1.01. The van der Waals surface area contributed by atoms with E-state index in [1.165, 1.54) is 28.5 Å². The molecular weight excluding hydrogens is 360 g/mol. The molecule has 0 saturated carbocycles. The van der Waals surface area contributed by atoms with E-state index in [9.17, 15) is 14.7 Å². The van der Waals surface area contributed by atoms with Crippen LogP contribution in [0.5, 0.6) is 0 Å². The predicted octanol–water partition coefficient (Wildman–Crippen LogP) is 4.06. The largest absolute Gasteiger partial charge is 0.480 e. The molecule has 0 aromatic heterocycles. The van der Waals surface area contributed by atoms with Gasteiger partial charge < -0.3 is 16.2 Å². The number of hydrogen-bond acceptors (Lipinski definition) is 4. The Balaban J connectivity index is 4.14. The van der Waals surface area contributed by atoms with Gasteiger partial charge in [-0.05, 0) is 53.4 Å². The lowest BCUT2D eigenvalue weighted by Crippen LogP contribution is -2.43. The normalized spacial score (nSPS) is 13.2. The first-order chi connectivity index (χ1) is 12.8. The number of amides is 1. The van der Waals surface area contributed by atoms with Gasteiger partial charge >= 0.3 is 5.97 Å². The van der Waals surface area contributed by atoms with Gasteiger partial charge in [0.15, 0.2) is 0 Å². The van der Waals surface area contributed by atoms with E-state index < -0.39 is 12.0 Å². The van der Waals surface area contributed by atoms with Gasteiger partial charge in [0.2, 0.25) is 5.91 Å². The summed E-state index contributed by atoms with van der Waals surface area (Å²) in [4.78, 5) is 22.7. The molecule has 0 rings (SSSR count). The molecule has 0 spiro atoms. The van der Waals surface area contributed by atoms with Crippen molar-refractivity contribution in [3.63, 3.8) is 0 Å². The lowest BCUT2D eigenvalue weighted by Gasteiger charge is -2.13. The van der Waals surface area contributed by atoms with Gasteiger partial charge in [0, 0.05) is 24.5 Å². The molecule has 0 fully saturated rings. The summed E-state index contributed by atoms with van der Waals surface area (Å²) in [6, 6.07) is -0.867. The van der Waals surface area contributed by atoms with Crippen LogP contribution in [0.3, 0.4) is 0 Å². The first-order valence-electron chi connectivity index (χ1n) is 9.50.